The van der Waals surface area contributed by atoms with E-state index in [1.165, 1.54) is 6.07 Å². The first-order chi connectivity index (χ1) is 9.92. The van der Waals surface area contributed by atoms with Gasteiger partial charge in [-0.05, 0) is 37.1 Å². The second-order valence-electron chi connectivity index (χ2n) is 4.57. The molecule has 0 aliphatic rings. The first kappa shape index (κ1) is 15.6. The molecule has 0 spiro atoms. The zero-order valence-electron chi connectivity index (χ0n) is 11.6. The van der Waals surface area contributed by atoms with Gasteiger partial charge in [-0.3, -0.25) is 0 Å². The van der Waals surface area contributed by atoms with Crippen molar-refractivity contribution in [2.24, 2.45) is 0 Å². The van der Waals surface area contributed by atoms with Crippen molar-refractivity contribution in [2.75, 3.05) is 5.32 Å². The van der Waals surface area contributed by atoms with Gasteiger partial charge in [0.2, 0.25) is 0 Å². The number of aryl methyl sites for hydroxylation is 2. The van der Waals surface area contributed by atoms with Crippen LogP contribution in [0.3, 0.4) is 0 Å². The van der Waals surface area contributed by atoms with Crippen molar-refractivity contribution < 1.29 is 9.90 Å². The van der Waals surface area contributed by atoms with E-state index in [-0.39, 0.29) is 5.56 Å². The Kier molecular flexibility index (Phi) is 4.70. The predicted octanol–water partition coefficient (Wildman–Crippen LogP) is 4.70. The highest BCUT2D eigenvalue weighted by atomic mass is 35.5. The Morgan fingerprint density at radius 1 is 1.33 bits per heavy atom. The number of carboxylic acid groups (broad SMARTS) is 1. The van der Waals surface area contributed by atoms with Crippen LogP contribution in [0.2, 0.25) is 10.0 Å². The average Bonchev–Trinajstić information content (AvgIpc) is 2.47. The number of nitrogens with zero attached hydrogens (tertiary/aromatic N) is 1. The van der Waals surface area contributed by atoms with E-state index in [1.807, 2.05) is 19.9 Å². The lowest BCUT2D eigenvalue weighted by Crippen LogP contribution is -2.04. The van der Waals surface area contributed by atoms with Gasteiger partial charge in [-0.1, -0.05) is 36.2 Å². The molecule has 0 fully saturated rings. The van der Waals surface area contributed by atoms with Crippen molar-refractivity contribution in [1.29, 1.82) is 0 Å². The first-order valence-corrected chi connectivity index (χ1v) is 7.13. The molecule has 21 heavy (non-hydrogen) atoms. The third-order valence-corrected chi connectivity index (χ3v) is 3.83. The van der Waals surface area contributed by atoms with E-state index in [1.54, 1.807) is 12.1 Å². The van der Waals surface area contributed by atoms with E-state index in [2.05, 4.69) is 10.3 Å². The van der Waals surface area contributed by atoms with Gasteiger partial charge in [0, 0.05) is 5.69 Å². The van der Waals surface area contributed by atoms with Crippen LogP contribution in [0.15, 0.2) is 24.3 Å². The van der Waals surface area contributed by atoms with Crippen molar-refractivity contribution in [3.05, 3.63) is 51.1 Å². The SMILES string of the molecule is CCc1cc(C(=O)O)cc(Nc2c(Cl)ccc(C)c2Cl)n1. The molecule has 1 heterocycles. The predicted molar refractivity (Wildman–Crippen MR) is 85.1 cm³/mol. The minimum atomic E-state index is -1.00. The fourth-order valence-electron chi connectivity index (χ4n) is 1.86. The summed E-state index contributed by atoms with van der Waals surface area (Å²) in [5.74, 6) is -0.599. The molecular formula is C15H14Cl2N2O2. The number of anilines is 2. The Morgan fingerprint density at radius 2 is 2.05 bits per heavy atom. The Morgan fingerprint density at radius 3 is 2.67 bits per heavy atom. The monoisotopic (exact) mass is 324 g/mol. The van der Waals surface area contributed by atoms with E-state index in [9.17, 15) is 4.79 Å². The molecule has 0 saturated heterocycles. The van der Waals surface area contributed by atoms with Crippen LogP contribution in [-0.2, 0) is 6.42 Å². The molecule has 0 bridgehead atoms. The van der Waals surface area contributed by atoms with E-state index in [0.29, 0.717) is 33.7 Å². The Bertz CT molecular complexity index is 702. The van der Waals surface area contributed by atoms with Crippen LogP contribution in [0.1, 0.15) is 28.5 Å². The Labute approximate surface area is 132 Å². The number of hydrogen-bond acceptors (Lipinski definition) is 3. The normalized spacial score (nSPS) is 10.5. The molecule has 0 radical (unpaired) electrons. The third kappa shape index (κ3) is 3.46. The molecule has 110 valence electrons. The first-order valence-electron chi connectivity index (χ1n) is 6.38. The third-order valence-electron chi connectivity index (χ3n) is 3.02. The highest BCUT2D eigenvalue weighted by molar-refractivity contribution is 6.39. The van der Waals surface area contributed by atoms with E-state index in [0.717, 1.165) is 5.56 Å². The average molecular weight is 325 g/mol. The minimum Gasteiger partial charge on any atom is -0.478 e. The number of halogens is 2. The lowest BCUT2D eigenvalue weighted by atomic mass is 10.2. The summed E-state index contributed by atoms with van der Waals surface area (Å²) in [6, 6.07) is 6.55. The summed E-state index contributed by atoms with van der Waals surface area (Å²) in [5, 5.41) is 13.1. The quantitative estimate of drug-likeness (QED) is 0.855. The number of rotatable bonds is 4. The molecular weight excluding hydrogens is 311 g/mol. The molecule has 6 heteroatoms. The van der Waals surface area contributed by atoms with Crippen LogP contribution >= 0.6 is 23.2 Å². The lowest BCUT2D eigenvalue weighted by molar-refractivity contribution is 0.0696. The maximum Gasteiger partial charge on any atom is 0.335 e. The van der Waals surface area contributed by atoms with Crippen LogP contribution in [0.25, 0.3) is 0 Å². The van der Waals surface area contributed by atoms with Gasteiger partial charge >= 0.3 is 5.97 Å². The molecule has 1 aromatic heterocycles. The van der Waals surface area contributed by atoms with Crippen molar-refractivity contribution in [2.45, 2.75) is 20.3 Å². The molecule has 4 nitrogen and oxygen atoms in total. The molecule has 0 aliphatic carbocycles. The molecule has 0 unspecified atom stereocenters. The molecule has 0 saturated carbocycles. The van der Waals surface area contributed by atoms with Gasteiger partial charge in [0.25, 0.3) is 0 Å². The molecule has 0 aliphatic heterocycles. The fraction of sp³-hybridized carbons (Fsp3) is 0.200. The number of nitrogens with one attached hydrogen (secondary N) is 1. The standard InChI is InChI=1S/C15H14Cl2N2O2/c1-3-10-6-9(15(20)21)7-12(18-10)19-14-11(16)5-4-8(2)13(14)17/h4-7H,3H2,1-2H3,(H,18,19)(H,20,21). The number of aromatic nitrogens is 1. The smallest absolute Gasteiger partial charge is 0.335 e. The van der Waals surface area contributed by atoms with Gasteiger partial charge in [-0.2, -0.15) is 0 Å². The maximum absolute atomic E-state index is 11.2. The zero-order valence-corrected chi connectivity index (χ0v) is 13.1. The molecule has 0 amide bonds. The second kappa shape index (κ2) is 6.33. The van der Waals surface area contributed by atoms with Crippen LogP contribution in [0, 0.1) is 6.92 Å². The molecule has 0 atom stereocenters. The summed E-state index contributed by atoms with van der Waals surface area (Å²) in [6.45, 7) is 3.77. The molecule has 2 rings (SSSR count). The summed E-state index contributed by atoms with van der Waals surface area (Å²) in [4.78, 5) is 15.5. The Hall–Kier alpha value is -1.78. The summed E-state index contributed by atoms with van der Waals surface area (Å²) in [6.07, 6.45) is 0.630. The van der Waals surface area contributed by atoms with Gasteiger partial charge in [-0.15, -0.1) is 0 Å². The Balaban J connectivity index is 2.47. The molecule has 2 aromatic rings. The van der Waals surface area contributed by atoms with Crippen LogP contribution < -0.4 is 5.32 Å². The van der Waals surface area contributed by atoms with Gasteiger partial charge in [0.1, 0.15) is 5.82 Å². The molecule has 1 aromatic carbocycles. The van der Waals surface area contributed by atoms with Crippen LogP contribution in [-0.4, -0.2) is 16.1 Å². The van der Waals surface area contributed by atoms with Gasteiger partial charge in [0.15, 0.2) is 0 Å². The number of aromatic carboxylic acids is 1. The van der Waals surface area contributed by atoms with Crippen molar-refractivity contribution in [1.82, 2.24) is 4.98 Å². The number of carboxylic acids is 1. The second-order valence-corrected chi connectivity index (χ2v) is 5.35. The summed E-state index contributed by atoms with van der Waals surface area (Å²) in [7, 11) is 0. The lowest BCUT2D eigenvalue weighted by Gasteiger charge is -2.13. The van der Waals surface area contributed by atoms with E-state index >= 15 is 0 Å². The fourth-order valence-corrected chi connectivity index (χ4v) is 2.32. The van der Waals surface area contributed by atoms with Crippen LogP contribution in [0.4, 0.5) is 11.5 Å². The minimum absolute atomic E-state index is 0.171. The summed E-state index contributed by atoms with van der Waals surface area (Å²) < 4.78 is 0. The topological polar surface area (TPSA) is 62.2 Å². The summed E-state index contributed by atoms with van der Waals surface area (Å²) in [5.41, 5.74) is 2.24. The van der Waals surface area contributed by atoms with Gasteiger partial charge < -0.3 is 10.4 Å². The highest BCUT2D eigenvalue weighted by Crippen LogP contribution is 2.34. The number of pyridine rings is 1. The van der Waals surface area contributed by atoms with E-state index in [4.69, 9.17) is 28.3 Å². The van der Waals surface area contributed by atoms with Gasteiger partial charge in [0.05, 0.1) is 21.3 Å². The van der Waals surface area contributed by atoms with Crippen LogP contribution in [0.5, 0.6) is 0 Å². The van der Waals surface area contributed by atoms with Gasteiger partial charge in [-0.25, -0.2) is 9.78 Å². The van der Waals surface area contributed by atoms with Crippen molar-refractivity contribution in [3.8, 4) is 0 Å². The molecule has 2 N–H and O–H groups in total. The highest BCUT2D eigenvalue weighted by Gasteiger charge is 2.12. The van der Waals surface area contributed by atoms with Crippen molar-refractivity contribution in [3.63, 3.8) is 0 Å². The maximum atomic E-state index is 11.2. The number of benzene rings is 1. The van der Waals surface area contributed by atoms with Crippen molar-refractivity contribution >= 4 is 40.7 Å². The number of hydrogen-bond donors (Lipinski definition) is 2. The van der Waals surface area contributed by atoms with E-state index < -0.39 is 5.97 Å². The zero-order chi connectivity index (χ0) is 15.6. The largest absolute Gasteiger partial charge is 0.478 e. The summed E-state index contributed by atoms with van der Waals surface area (Å²) >= 11 is 12.4. The number of carbonyl (C=O) groups is 1.